The third-order valence-corrected chi connectivity index (χ3v) is 4.38. The molecule has 1 amide bonds. The second-order valence-electron chi connectivity index (χ2n) is 4.31. The van der Waals surface area contributed by atoms with Crippen LogP contribution in [-0.4, -0.2) is 5.91 Å². The van der Waals surface area contributed by atoms with Gasteiger partial charge >= 0.3 is 0 Å². The maximum absolute atomic E-state index is 12.2. The van der Waals surface area contributed by atoms with Gasteiger partial charge in [0.05, 0.1) is 15.5 Å². The number of thiophene rings is 1. The molecule has 0 bridgehead atoms. The van der Waals surface area contributed by atoms with Crippen LogP contribution in [0.1, 0.15) is 32.6 Å². The molecule has 0 atom stereocenters. The highest BCUT2D eigenvalue weighted by atomic mass is 35.5. The highest BCUT2D eigenvalue weighted by molar-refractivity contribution is 7.14. The van der Waals surface area contributed by atoms with Gasteiger partial charge in [0.2, 0.25) is 0 Å². The number of benzene rings is 1. The number of halogens is 1. The number of rotatable bonds is 3. The first-order valence-corrected chi connectivity index (χ1v) is 7.35. The van der Waals surface area contributed by atoms with Crippen molar-refractivity contribution in [2.45, 2.75) is 20.3 Å². The number of nitrogens with zero attached hydrogens (tertiary/aromatic N) is 1. The minimum absolute atomic E-state index is 0.154. The van der Waals surface area contributed by atoms with E-state index in [9.17, 15) is 4.79 Å². The molecule has 0 aliphatic carbocycles. The van der Waals surface area contributed by atoms with E-state index in [2.05, 4.69) is 12.2 Å². The largest absolute Gasteiger partial charge is 0.321 e. The Morgan fingerprint density at radius 2 is 2.20 bits per heavy atom. The average Bonchev–Trinajstić information content (AvgIpc) is 2.80. The molecule has 3 nitrogen and oxygen atoms in total. The lowest BCUT2D eigenvalue weighted by Crippen LogP contribution is -2.10. The van der Waals surface area contributed by atoms with E-state index in [1.165, 1.54) is 16.9 Å². The zero-order chi connectivity index (χ0) is 14.7. The summed E-state index contributed by atoms with van der Waals surface area (Å²) in [5.41, 5.74) is 2.17. The van der Waals surface area contributed by atoms with Gasteiger partial charge in [-0.3, -0.25) is 4.79 Å². The first-order chi connectivity index (χ1) is 9.55. The first kappa shape index (κ1) is 14.6. The van der Waals surface area contributed by atoms with Crippen LogP contribution in [0.4, 0.5) is 5.69 Å². The maximum Gasteiger partial charge on any atom is 0.265 e. The average molecular weight is 305 g/mol. The van der Waals surface area contributed by atoms with Gasteiger partial charge in [-0.1, -0.05) is 18.5 Å². The number of anilines is 1. The molecule has 1 aromatic carbocycles. The minimum atomic E-state index is -0.154. The molecule has 0 fully saturated rings. The lowest BCUT2D eigenvalue weighted by atomic mass is 10.2. The zero-order valence-electron chi connectivity index (χ0n) is 11.2. The van der Waals surface area contributed by atoms with E-state index in [4.69, 9.17) is 16.9 Å². The Hall–Kier alpha value is -1.83. The number of aryl methyl sites for hydroxylation is 2. The second kappa shape index (κ2) is 6.08. The minimum Gasteiger partial charge on any atom is -0.321 e. The Bertz CT molecular complexity index is 700. The summed E-state index contributed by atoms with van der Waals surface area (Å²) in [4.78, 5) is 14.0. The Labute approximate surface area is 126 Å². The molecule has 0 spiro atoms. The van der Waals surface area contributed by atoms with E-state index in [1.54, 1.807) is 18.2 Å². The van der Waals surface area contributed by atoms with Crippen LogP contribution in [0.5, 0.6) is 0 Å². The van der Waals surface area contributed by atoms with Crippen LogP contribution >= 0.6 is 22.9 Å². The van der Waals surface area contributed by atoms with Crippen LogP contribution in [0.2, 0.25) is 5.02 Å². The summed E-state index contributed by atoms with van der Waals surface area (Å²) >= 11 is 7.42. The molecule has 2 aromatic rings. The molecule has 20 heavy (non-hydrogen) atoms. The van der Waals surface area contributed by atoms with Gasteiger partial charge in [0, 0.05) is 10.6 Å². The van der Waals surface area contributed by atoms with Crippen LogP contribution in [0.3, 0.4) is 0 Å². The summed E-state index contributed by atoms with van der Waals surface area (Å²) in [6.45, 7) is 4.08. The molecule has 0 saturated heterocycles. The summed E-state index contributed by atoms with van der Waals surface area (Å²) in [5, 5.41) is 11.9. The van der Waals surface area contributed by atoms with Crippen molar-refractivity contribution in [1.82, 2.24) is 0 Å². The van der Waals surface area contributed by atoms with Gasteiger partial charge in [0.25, 0.3) is 5.91 Å². The molecule has 1 aromatic heterocycles. The standard InChI is InChI=1S/C15H13ClN2OS/c1-3-10-6-14(20-9(10)2)15(19)18-12-5-4-11(8-17)13(16)7-12/h4-7H,3H2,1-2H3,(H,18,19). The fraction of sp³-hybridized carbons (Fsp3) is 0.200. The van der Waals surface area contributed by atoms with Crippen LogP contribution in [-0.2, 0) is 6.42 Å². The van der Waals surface area contributed by atoms with E-state index in [1.807, 2.05) is 19.1 Å². The highest BCUT2D eigenvalue weighted by Gasteiger charge is 2.12. The molecule has 0 aliphatic heterocycles. The first-order valence-electron chi connectivity index (χ1n) is 6.15. The van der Waals surface area contributed by atoms with Crippen LogP contribution in [0.25, 0.3) is 0 Å². The van der Waals surface area contributed by atoms with E-state index in [-0.39, 0.29) is 5.91 Å². The number of amides is 1. The monoisotopic (exact) mass is 304 g/mol. The van der Waals surface area contributed by atoms with Crippen LogP contribution in [0, 0.1) is 18.3 Å². The van der Waals surface area contributed by atoms with Gasteiger partial charge < -0.3 is 5.32 Å². The number of carbonyl (C=O) groups is 1. The van der Waals surface area contributed by atoms with Gasteiger partial charge in [-0.15, -0.1) is 11.3 Å². The predicted octanol–water partition coefficient (Wildman–Crippen LogP) is 4.40. The quantitative estimate of drug-likeness (QED) is 0.914. The summed E-state index contributed by atoms with van der Waals surface area (Å²) < 4.78 is 0. The predicted molar refractivity (Wildman–Crippen MR) is 82.6 cm³/mol. The van der Waals surface area contributed by atoms with Gasteiger partial charge in [0.1, 0.15) is 6.07 Å². The summed E-state index contributed by atoms with van der Waals surface area (Å²) in [7, 11) is 0. The van der Waals surface area contributed by atoms with Crippen LogP contribution < -0.4 is 5.32 Å². The summed E-state index contributed by atoms with van der Waals surface area (Å²) in [6, 6.07) is 8.75. The third-order valence-electron chi connectivity index (χ3n) is 2.97. The molecule has 102 valence electrons. The molecule has 0 saturated carbocycles. The van der Waals surface area contributed by atoms with Crippen molar-refractivity contribution in [2.24, 2.45) is 0 Å². The van der Waals surface area contributed by atoms with Gasteiger partial charge in [-0.25, -0.2) is 0 Å². The molecule has 1 heterocycles. The Balaban J connectivity index is 2.19. The molecular formula is C15H13ClN2OS. The van der Waals surface area contributed by atoms with Crippen molar-refractivity contribution in [1.29, 1.82) is 5.26 Å². The molecule has 1 N–H and O–H groups in total. The fourth-order valence-corrected chi connectivity index (χ4v) is 3.09. The second-order valence-corrected chi connectivity index (χ2v) is 5.97. The molecule has 0 aliphatic rings. The van der Waals surface area contributed by atoms with Crippen molar-refractivity contribution in [3.05, 3.63) is 50.2 Å². The van der Waals surface area contributed by atoms with Crippen molar-refractivity contribution in [2.75, 3.05) is 5.32 Å². The van der Waals surface area contributed by atoms with E-state index in [0.29, 0.717) is 21.2 Å². The Morgan fingerprint density at radius 3 is 2.75 bits per heavy atom. The molecule has 0 unspecified atom stereocenters. The smallest absolute Gasteiger partial charge is 0.265 e. The Kier molecular flexibility index (Phi) is 4.43. The van der Waals surface area contributed by atoms with E-state index < -0.39 is 0 Å². The highest BCUT2D eigenvalue weighted by Crippen LogP contribution is 2.24. The lowest BCUT2D eigenvalue weighted by molar-refractivity contribution is 0.103. The van der Waals surface area contributed by atoms with Gasteiger partial charge in [-0.05, 0) is 43.2 Å². The van der Waals surface area contributed by atoms with Crippen molar-refractivity contribution in [3.63, 3.8) is 0 Å². The zero-order valence-corrected chi connectivity index (χ0v) is 12.7. The number of hydrogen-bond acceptors (Lipinski definition) is 3. The molecule has 0 radical (unpaired) electrons. The number of nitrogens with one attached hydrogen (secondary N) is 1. The third kappa shape index (κ3) is 3.01. The number of nitriles is 1. The lowest BCUT2D eigenvalue weighted by Gasteiger charge is -2.04. The van der Waals surface area contributed by atoms with Crippen molar-refractivity contribution in [3.8, 4) is 6.07 Å². The molecule has 5 heteroatoms. The van der Waals surface area contributed by atoms with Crippen molar-refractivity contribution < 1.29 is 4.79 Å². The Morgan fingerprint density at radius 1 is 1.45 bits per heavy atom. The maximum atomic E-state index is 12.2. The summed E-state index contributed by atoms with van der Waals surface area (Å²) in [5.74, 6) is -0.154. The summed E-state index contributed by atoms with van der Waals surface area (Å²) in [6.07, 6.45) is 0.915. The molecule has 2 rings (SSSR count). The number of hydrogen-bond donors (Lipinski definition) is 1. The fourth-order valence-electron chi connectivity index (χ4n) is 1.86. The van der Waals surface area contributed by atoms with Crippen LogP contribution in [0.15, 0.2) is 24.3 Å². The normalized spacial score (nSPS) is 10.1. The van der Waals surface area contributed by atoms with Gasteiger partial charge in [-0.2, -0.15) is 5.26 Å². The van der Waals surface area contributed by atoms with E-state index >= 15 is 0 Å². The van der Waals surface area contributed by atoms with Crippen molar-refractivity contribution >= 4 is 34.5 Å². The van der Waals surface area contributed by atoms with Gasteiger partial charge in [0.15, 0.2) is 0 Å². The SMILES string of the molecule is CCc1cc(C(=O)Nc2ccc(C#N)c(Cl)c2)sc1C. The molecular weight excluding hydrogens is 292 g/mol. The van der Waals surface area contributed by atoms with E-state index in [0.717, 1.165) is 11.3 Å². The topological polar surface area (TPSA) is 52.9 Å². The number of carbonyl (C=O) groups excluding carboxylic acids is 1.